The first-order chi connectivity index (χ1) is 13.6. The normalized spacial score (nSPS) is 15.4. The third kappa shape index (κ3) is 3.46. The molecule has 1 aromatic carbocycles. The molecule has 7 nitrogen and oxygen atoms in total. The summed E-state index contributed by atoms with van der Waals surface area (Å²) < 4.78 is 6.94. The van der Waals surface area contributed by atoms with Crippen LogP contribution in [0.5, 0.6) is 0 Å². The van der Waals surface area contributed by atoms with Gasteiger partial charge in [0.15, 0.2) is 5.65 Å². The third-order valence-electron chi connectivity index (χ3n) is 5.90. The van der Waals surface area contributed by atoms with Gasteiger partial charge < -0.3 is 9.64 Å². The van der Waals surface area contributed by atoms with Crippen molar-refractivity contribution in [2.75, 3.05) is 13.7 Å². The Hall–Kier alpha value is -2.54. The van der Waals surface area contributed by atoms with Gasteiger partial charge in [-0.05, 0) is 66.4 Å². The zero-order valence-corrected chi connectivity index (χ0v) is 16.8. The van der Waals surface area contributed by atoms with E-state index in [-0.39, 0.29) is 18.6 Å². The molecule has 0 N–H and O–H groups in total. The van der Waals surface area contributed by atoms with Crippen LogP contribution in [0, 0.1) is 13.8 Å². The Morgan fingerprint density at radius 3 is 2.68 bits per heavy atom. The molecule has 0 bridgehead atoms. The highest BCUT2D eigenvalue weighted by atomic mass is 16.5. The molecule has 0 unspecified atom stereocenters. The van der Waals surface area contributed by atoms with Crippen molar-refractivity contribution in [2.24, 2.45) is 0 Å². The Balaban J connectivity index is 1.78. The molecule has 7 heteroatoms. The van der Waals surface area contributed by atoms with E-state index in [1.54, 1.807) is 11.6 Å². The Labute approximate surface area is 164 Å². The van der Waals surface area contributed by atoms with Gasteiger partial charge in [0.2, 0.25) is 5.91 Å². The molecule has 1 aliphatic rings. The second kappa shape index (κ2) is 7.83. The van der Waals surface area contributed by atoms with Crippen LogP contribution in [0.3, 0.4) is 0 Å². The van der Waals surface area contributed by atoms with Gasteiger partial charge in [0, 0.05) is 30.6 Å². The van der Waals surface area contributed by atoms with Crippen molar-refractivity contribution < 1.29 is 9.53 Å². The SMILES string of the molecule is COCC(=O)N(Cc1cc2cc(C)c(C)cc2n2nnnc12)C1CCCCC1. The van der Waals surface area contributed by atoms with Crippen LogP contribution in [0.2, 0.25) is 0 Å². The van der Waals surface area contributed by atoms with Crippen molar-refractivity contribution in [3.8, 4) is 0 Å². The van der Waals surface area contributed by atoms with Gasteiger partial charge in [-0.3, -0.25) is 4.79 Å². The minimum absolute atomic E-state index is 0.0280. The number of benzene rings is 1. The largest absolute Gasteiger partial charge is 0.375 e. The minimum Gasteiger partial charge on any atom is -0.375 e. The number of carbonyl (C=O) groups is 1. The highest BCUT2D eigenvalue weighted by Gasteiger charge is 2.26. The number of rotatable bonds is 5. The topological polar surface area (TPSA) is 72.6 Å². The lowest BCUT2D eigenvalue weighted by molar-refractivity contribution is -0.139. The molecule has 1 saturated carbocycles. The number of carbonyl (C=O) groups excluding carboxylic acids is 1. The molecule has 0 aliphatic heterocycles. The average Bonchev–Trinajstić information content (AvgIpc) is 3.18. The fourth-order valence-corrected chi connectivity index (χ4v) is 4.24. The molecule has 3 aromatic rings. The van der Waals surface area contributed by atoms with Gasteiger partial charge in [0.25, 0.3) is 0 Å². The fourth-order valence-electron chi connectivity index (χ4n) is 4.24. The smallest absolute Gasteiger partial charge is 0.249 e. The zero-order valence-electron chi connectivity index (χ0n) is 16.8. The first-order valence-electron chi connectivity index (χ1n) is 9.98. The molecule has 0 radical (unpaired) electrons. The highest BCUT2D eigenvalue weighted by molar-refractivity contribution is 5.85. The summed E-state index contributed by atoms with van der Waals surface area (Å²) in [6.45, 7) is 4.80. The zero-order chi connectivity index (χ0) is 19.7. The van der Waals surface area contributed by atoms with Gasteiger partial charge >= 0.3 is 0 Å². The molecule has 0 saturated heterocycles. The number of tetrazole rings is 1. The molecule has 0 atom stereocenters. The van der Waals surface area contributed by atoms with Crippen molar-refractivity contribution in [1.82, 2.24) is 24.9 Å². The van der Waals surface area contributed by atoms with Crippen molar-refractivity contribution in [2.45, 2.75) is 58.5 Å². The van der Waals surface area contributed by atoms with E-state index in [0.29, 0.717) is 12.2 Å². The number of hydrogen-bond acceptors (Lipinski definition) is 5. The van der Waals surface area contributed by atoms with Crippen LogP contribution in [0.15, 0.2) is 18.2 Å². The predicted molar refractivity (Wildman–Crippen MR) is 107 cm³/mol. The van der Waals surface area contributed by atoms with Gasteiger partial charge in [-0.1, -0.05) is 19.3 Å². The Kier molecular flexibility index (Phi) is 5.26. The molecule has 4 rings (SSSR count). The van der Waals surface area contributed by atoms with E-state index in [0.717, 1.165) is 29.3 Å². The summed E-state index contributed by atoms with van der Waals surface area (Å²) >= 11 is 0. The van der Waals surface area contributed by atoms with Gasteiger partial charge in [-0.15, -0.1) is 5.10 Å². The molecule has 28 heavy (non-hydrogen) atoms. The average molecular weight is 381 g/mol. The maximum atomic E-state index is 12.8. The Morgan fingerprint density at radius 2 is 1.93 bits per heavy atom. The molecular formula is C21H27N5O2. The van der Waals surface area contributed by atoms with E-state index in [1.807, 2.05) is 4.90 Å². The first kappa shape index (κ1) is 18.8. The quantitative estimate of drug-likeness (QED) is 0.679. The van der Waals surface area contributed by atoms with Crippen LogP contribution in [0.1, 0.15) is 48.8 Å². The van der Waals surface area contributed by atoms with Crippen LogP contribution in [0.25, 0.3) is 16.6 Å². The second-order valence-corrected chi connectivity index (χ2v) is 7.83. The lowest BCUT2D eigenvalue weighted by Crippen LogP contribution is -2.42. The van der Waals surface area contributed by atoms with E-state index in [2.05, 4.69) is 47.6 Å². The second-order valence-electron chi connectivity index (χ2n) is 7.83. The van der Waals surface area contributed by atoms with Crippen LogP contribution >= 0.6 is 0 Å². The van der Waals surface area contributed by atoms with Crippen LogP contribution < -0.4 is 0 Å². The van der Waals surface area contributed by atoms with Gasteiger partial charge in [-0.2, -0.15) is 4.52 Å². The van der Waals surface area contributed by atoms with Crippen LogP contribution in [-0.4, -0.2) is 50.6 Å². The van der Waals surface area contributed by atoms with E-state index in [1.165, 1.54) is 30.4 Å². The predicted octanol–water partition coefficient (Wildman–Crippen LogP) is 3.20. The number of aromatic nitrogens is 4. The summed E-state index contributed by atoms with van der Waals surface area (Å²) in [6, 6.07) is 6.66. The van der Waals surface area contributed by atoms with E-state index >= 15 is 0 Å². The molecule has 1 fully saturated rings. The third-order valence-corrected chi connectivity index (χ3v) is 5.90. The summed E-state index contributed by atoms with van der Waals surface area (Å²) in [4.78, 5) is 14.8. The molecule has 2 heterocycles. The lowest BCUT2D eigenvalue weighted by Gasteiger charge is -2.34. The van der Waals surface area contributed by atoms with E-state index in [4.69, 9.17) is 4.74 Å². The number of nitrogens with zero attached hydrogens (tertiary/aromatic N) is 5. The number of pyridine rings is 1. The molecule has 148 valence electrons. The minimum atomic E-state index is 0.0280. The summed E-state index contributed by atoms with van der Waals surface area (Å²) in [5.74, 6) is 0.0280. The molecule has 2 aromatic heterocycles. The van der Waals surface area contributed by atoms with E-state index < -0.39 is 0 Å². The maximum absolute atomic E-state index is 12.8. The lowest BCUT2D eigenvalue weighted by atomic mass is 9.93. The van der Waals surface area contributed by atoms with Gasteiger partial charge in [0.05, 0.1) is 5.52 Å². The highest BCUT2D eigenvalue weighted by Crippen LogP contribution is 2.27. The standard InChI is InChI=1S/C21H27N5O2/c1-14-9-16-11-17(21-22-23-24-26(21)19(16)10-15(14)2)12-25(20(27)13-28-3)18-7-5-4-6-8-18/h9-11,18H,4-8,12-13H2,1-3H3. The number of fused-ring (bicyclic) bond motifs is 3. The van der Waals surface area contributed by atoms with E-state index in [9.17, 15) is 4.79 Å². The van der Waals surface area contributed by atoms with Crippen molar-refractivity contribution in [3.63, 3.8) is 0 Å². The van der Waals surface area contributed by atoms with Gasteiger partial charge in [0.1, 0.15) is 6.61 Å². The summed E-state index contributed by atoms with van der Waals surface area (Å²) in [7, 11) is 1.57. The van der Waals surface area contributed by atoms with Crippen molar-refractivity contribution in [1.29, 1.82) is 0 Å². The molecule has 1 aliphatic carbocycles. The molecule has 0 spiro atoms. The van der Waals surface area contributed by atoms with Crippen LogP contribution in [-0.2, 0) is 16.1 Å². The monoisotopic (exact) mass is 381 g/mol. The van der Waals surface area contributed by atoms with Crippen LogP contribution in [0.4, 0.5) is 0 Å². The number of aryl methyl sites for hydroxylation is 2. The molecular weight excluding hydrogens is 354 g/mol. The summed E-state index contributed by atoms with van der Waals surface area (Å²) in [5.41, 5.74) is 5.10. The summed E-state index contributed by atoms with van der Waals surface area (Å²) in [5, 5.41) is 13.4. The number of amides is 1. The van der Waals surface area contributed by atoms with Gasteiger partial charge in [-0.25, -0.2) is 0 Å². The number of hydrogen-bond donors (Lipinski definition) is 0. The maximum Gasteiger partial charge on any atom is 0.249 e. The Morgan fingerprint density at radius 1 is 1.18 bits per heavy atom. The van der Waals surface area contributed by atoms with Crippen molar-refractivity contribution in [3.05, 3.63) is 34.9 Å². The fraction of sp³-hybridized carbons (Fsp3) is 0.524. The number of ether oxygens (including phenoxy) is 1. The summed E-state index contributed by atoms with van der Waals surface area (Å²) in [6.07, 6.45) is 5.67. The number of methoxy groups -OCH3 is 1. The Bertz CT molecular complexity index is 1010. The van der Waals surface area contributed by atoms with Crippen molar-refractivity contribution >= 4 is 22.5 Å². The molecule has 1 amide bonds. The first-order valence-corrected chi connectivity index (χ1v) is 9.98.